The molecule has 3 aromatic rings. The van der Waals surface area contributed by atoms with Crippen LogP contribution < -0.4 is 15.6 Å². The number of ether oxygens (including phenoxy) is 1. The van der Waals surface area contributed by atoms with E-state index in [0.29, 0.717) is 0 Å². The van der Waals surface area contributed by atoms with E-state index in [2.05, 4.69) is 42.0 Å². The average Bonchev–Trinajstić information content (AvgIpc) is 2.65. The maximum Gasteiger partial charge on any atom is 0.127 e. The molecule has 24 heavy (non-hydrogen) atoms. The van der Waals surface area contributed by atoms with E-state index in [1.165, 1.54) is 11.1 Å². The van der Waals surface area contributed by atoms with Gasteiger partial charge in [0.15, 0.2) is 0 Å². The molecule has 0 radical (unpaired) electrons. The highest BCUT2D eigenvalue weighted by Gasteiger charge is 1.99. The molecule has 0 saturated heterocycles. The van der Waals surface area contributed by atoms with Gasteiger partial charge in [0.1, 0.15) is 11.5 Å². The van der Waals surface area contributed by atoms with Crippen LogP contribution in [-0.4, -0.2) is 0 Å². The van der Waals surface area contributed by atoms with E-state index in [4.69, 9.17) is 4.74 Å². The molecule has 122 valence electrons. The summed E-state index contributed by atoms with van der Waals surface area (Å²) in [5, 5.41) is 0. The van der Waals surface area contributed by atoms with Crippen LogP contribution in [0.15, 0.2) is 78.9 Å². The summed E-state index contributed by atoms with van der Waals surface area (Å²) >= 11 is 0. The average molecular weight is 318 g/mol. The molecule has 3 nitrogen and oxygen atoms in total. The molecule has 3 heteroatoms. The van der Waals surface area contributed by atoms with Gasteiger partial charge >= 0.3 is 0 Å². The van der Waals surface area contributed by atoms with Gasteiger partial charge in [-0.15, -0.1) is 0 Å². The zero-order chi connectivity index (χ0) is 16.6. The first kappa shape index (κ1) is 16.1. The number of anilines is 1. The van der Waals surface area contributed by atoms with Gasteiger partial charge in [-0.1, -0.05) is 49.4 Å². The minimum atomic E-state index is 0.736. The fourth-order valence-electron chi connectivity index (χ4n) is 2.37. The highest BCUT2D eigenvalue weighted by Crippen LogP contribution is 2.22. The van der Waals surface area contributed by atoms with Crippen LogP contribution in [0.3, 0.4) is 0 Å². The van der Waals surface area contributed by atoms with Gasteiger partial charge in [0.2, 0.25) is 0 Å². The van der Waals surface area contributed by atoms with E-state index in [1.807, 2.05) is 54.6 Å². The third-order valence-corrected chi connectivity index (χ3v) is 3.79. The van der Waals surface area contributed by atoms with Gasteiger partial charge in [-0.05, 0) is 53.9 Å². The van der Waals surface area contributed by atoms with E-state index in [0.717, 1.165) is 30.2 Å². The maximum atomic E-state index is 5.87. The summed E-state index contributed by atoms with van der Waals surface area (Å²) in [6, 6.07) is 26.4. The summed E-state index contributed by atoms with van der Waals surface area (Å²) in [6.45, 7) is 2.88. The molecule has 0 atom stereocenters. The molecule has 0 spiro atoms. The van der Waals surface area contributed by atoms with Crippen LogP contribution in [-0.2, 0) is 13.0 Å². The molecule has 2 N–H and O–H groups in total. The Bertz CT molecular complexity index is 737. The Balaban J connectivity index is 1.51. The molecule has 3 rings (SSSR count). The molecule has 0 unspecified atom stereocenters. The zero-order valence-corrected chi connectivity index (χ0v) is 13.8. The molecule has 0 fully saturated rings. The Hall–Kier alpha value is -2.78. The lowest BCUT2D eigenvalue weighted by molar-refractivity contribution is 0.482. The van der Waals surface area contributed by atoms with Gasteiger partial charge < -0.3 is 10.2 Å². The van der Waals surface area contributed by atoms with Crippen LogP contribution in [0, 0.1) is 0 Å². The lowest BCUT2D eigenvalue weighted by Crippen LogP contribution is -2.20. The van der Waals surface area contributed by atoms with Crippen LogP contribution in [0.4, 0.5) is 5.69 Å². The number of hydrogen-bond donors (Lipinski definition) is 2. The Morgan fingerprint density at radius 2 is 1.29 bits per heavy atom. The number of hydrogen-bond acceptors (Lipinski definition) is 3. The van der Waals surface area contributed by atoms with Crippen LogP contribution in [0.1, 0.15) is 18.1 Å². The first-order chi connectivity index (χ1) is 11.8. The molecule has 0 saturated carbocycles. The van der Waals surface area contributed by atoms with E-state index in [9.17, 15) is 0 Å². The number of hydrazine groups is 1. The first-order valence-corrected chi connectivity index (χ1v) is 8.23. The number of nitrogens with one attached hydrogen (secondary N) is 2. The number of rotatable bonds is 7. The highest BCUT2D eigenvalue weighted by molar-refractivity contribution is 5.41. The molecule has 0 amide bonds. The smallest absolute Gasteiger partial charge is 0.127 e. The monoisotopic (exact) mass is 318 g/mol. The van der Waals surface area contributed by atoms with Crippen molar-refractivity contribution in [3.05, 3.63) is 90.0 Å². The highest BCUT2D eigenvalue weighted by atomic mass is 16.5. The van der Waals surface area contributed by atoms with Crippen molar-refractivity contribution in [3.63, 3.8) is 0 Å². The fraction of sp³-hybridized carbons (Fsp3) is 0.143. The lowest BCUT2D eigenvalue weighted by atomic mass is 10.2. The predicted molar refractivity (Wildman–Crippen MR) is 99.2 cm³/mol. The normalized spacial score (nSPS) is 10.4. The number of aryl methyl sites for hydroxylation is 1. The van der Waals surface area contributed by atoms with E-state index >= 15 is 0 Å². The van der Waals surface area contributed by atoms with Crippen molar-refractivity contribution in [3.8, 4) is 11.5 Å². The molecule has 0 heterocycles. The van der Waals surface area contributed by atoms with Gasteiger partial charge in [0.25, 0.3) is 0 Å². The van der Waals surface area contributed by atoms with Gasteiger partial charge in [-0.25, -0.2) is 5.43 Å². The van der Waals surface area contributed by atoms with Crippen molar-refractivity contribution in [2.75, 3.05) is 5.43 Å². The fourth-order valence-corrected chi connectivity index (χ4v) is 2.37. The second-order valence-corrected chi connectivity index (χ2v) is 5.59. The molecule has 3 aromatic carbocycles. The third-order valence-electron chi connectivity index (χ3n) is 3.79. The van der Waals surface area contributed by atoms with Gasteiger partial charge in [0.05, 0.1) is 0 Å². The number of para-hydroxylation sites is 1. The molecule has 0 aliphatic heterocycles. The standard InChI is InChI=1S/C21H22N2O/c1-2-17-8-12-20(13-9-17)24-21-14-10-18(11-15-21)16-22-23-19-6-4-3-5-7-19/h3-15,22-23H,2,16H2,1H3. The third kappa shape index (κ3) is 4.61. The van der Waals surface area contributed by atoms with Crippen molar-refractivity contribution >= 4 is 5.69 Å². The van der Waals surface area contributed by atoms with Gasteiger partial charge in [-0.2, -0.15) is 0 Å². The Labute approximate surface area is 143 Å². The predicted octanol–water partition coefficient (Wildman–Crippen LogP) is 5.16. The molecule has 0 bridgehead atoms. The summed E-state index contributed by atoms with van der Waals surface area (Å²) in [5.41, 5.74) is 9.94. The van der Waals surface area contributed by atoms with E-state index < -0.39 is 0 Å². The maximum absolute atomic E-state index is 5.87. The summed E-state index contributed by atoms with van der Waals surface area (Å²) in [4.78, 5) is 0. The minimum absolute atomic E-state index is 0.736. The van der Waals surface area contributed by atoms with Crippen molar-refractivity contribution in [1.82, 2.24) is 5.43 Å². The summed E-state index contributed by atoms with van der Waals surface area (Å²) < 4.78 is 5.87. The molecular formula is C21H22N2O. The van der Waals surface area contributed by atoms with Gasteiger partial charge in [-0.3, -0.25) is 0 Å². The summed E-state index contributed by atoms with van der Waals surface area (Å²) in [7, 11) is 0. The second-order valence-electron chi connectivity index (χ2n) is 5.59. The quantitative estimate of drug-likeness (QED) is 0.590. The van der Waals surface area contributed by atoms with Crippen molar-refractivity contribution in [2.45, 2.75) is 19.9 Å². The van der Waals surface area contributed by atoms with Crippen molar-refractivity contribution in [1.29, 1.82) is 0 Å². The van der Waals surface area contributed by atoms with Crippen molar-refractivity contribution in [2.24, 2.45) is 0 Å². The topological polar surface area (TPSA) is 33.3 Å². The van der Waals surface area contributed by atoms with Crippen LogP contribution >= 0.6 is 0 Å². The van der Waals surface area contributed by atoms with Crippen LogP contribution in [0.5, 0.6) is 11.5 Å². The van der Waals surface area contributed by atoms with Gasteiger partial charge in [0, 0.05) is 12.2 Å². The Kier molecular flexibility index (Phi) is 5.48. The zero-order valence-electron chi connectivity index (χ0n) is 13.8. The Morgan fingerprint density at radius 3 is 1.88 bits per heavy atom. The SMILES string of the molecule is CCc1ccc(Oc2ccc(CNNc3ccccc3)cc2)cc1. The van der Waals surface area contributed by atoms with Crippen molar-refractivity contribution < 1.29 is 4.74 Å². The number of benzene rings is 3. The molecule has 0 aliphatic rings. The molecule has 0 aliphatic carbocycles. The molecule has 0 aromatic heterocycles. The van der Waals surface area contributed by atoms with Crippen LogP contribution in [0.2, 0.25) is 0 Å². The van der Waals surface area contributed by atoms with E-state index in [-0.39, 0.29) is 0 Å². The summed E-state index contributed by atoms with van der Waals surface area (Å²) in [5.74, 6) is 1.71. The molecular weight excluding hydrogens is 296 g/mol. The van der Waals surface area contributed by atoms with Crippen LogP contribution in [0.25, 0.3) is 0 Å². The lowest BCUT2D eigenvalue weighted by Gasteiger charge is -2.10. The Morgan fingerprint density at radius 1 is 0.708 bits per heavy atom. The first-order valence-electron chi connectivity index (χ1n) is 8.23. The second kappa shape index (κ2) is 8.18. The largest absolute Gasteiger partial charge is 0.457 e. The van der Waals surface area contributed by atoms with E-state index in [1.54, 1.807) is 0 Å². The minimum Gasteiger partial charge on any atom is -0.457 e. The summed E-state index contributed by atoms with van der Waals surface area (Å²) in [6.07, 6.45) is 1.04.